The number of aryl methyl sites for hydroxylation is 1. The van der Waals surface area contributed by atoms with Crippen molar-refractivity contribution in [3.05, 3.63) is 18.6 Å². The second-order valence-corrected chi connectivity index (χ2v) is 6.40. The van der Waals surface area contributed by atoms with Crippen molar-refractivity contribution in [3.63, 3.8) is 0 Å². The van der Waals surface area contributed by atoms with Crippen molar-refractivity contribution in [2.45, 2.75) is 37.8 Å². The van der Waals surface area contributed by atoms with Crippen LogP contribution in [0.5, 0.6) is 5.88 Å². The maximum Gasteiger partial charge on any atom is 0.224 e. The van der Waals surface area contributed by atoms with Gasteiger partial charge in [-0.25, -0.2) is 9.97 Å². The number of H-pyrrole nitrogens is 1. The molecule has 0 spiro atoms. The summed E-state index contributed by atoms with van der Waals surface area (Å²) in [5, 5.41) is 18.3. The average Bonchev–Trinajstić information content (AvgIpc) is 3.16. The zero-order valence-electron chi connectivity index (χ0n) is 13.5. The summed E-state index contributed by atoms with van der Waals surface area (Å²) in [7, 11) is 1.85. The minimum atomic E-state index is 0.0600. The third-order valence-corrected chi connectivity index (χ3v) is 4.63. The van der Waals surface area contributed by atoms with Crippen LogP contribution in [0.1, 0.15) is 25.7 Å². The van der Waals surface area contributed by atoms with E-state index in [2.05, 4.69) is 25.4 Å². The minimum Gasteiger partial charge on any atom is -0.494 e. The Balaban J connectivity index is 1.77. The van der Waals surface area contributed by atoms with E-state index in [1.54, 1.807) is 17.1 Å². The zero-order valence-corrected chi connectivity index (χ0v) is 13.5. The largest absolute Gasteiger partial charge is 0.494 e. The van der Waals surface area contributed by atoms with Crippen LogP contribution in [0.15, 0.2) is 18.6 Å². The maximum absolute atomic E-state index is 10.1. The van der Waals surface area contributed by atoms with E-state index in [4.69, 9.17) is 5.73 Å². The molecule has 1 aliphatic carbocycles. The highest BCUT2D eigenvalue weighted by Crippen LogP contribution is 2.33. The monoisotopic (exact) mass is 327 g/mol. The number of aromatic amines is 1. The number of fused-ring (bicyclic) bond motifs is 1. The summed E-state index contributed by atoms with van der Waals surface area (Å²) in [6.07, 6.45) is 9.64. The summed E-state index contributed by atoms with van der Waals surface area (Å²) in [5.74, 6) is 0.590. The standard InChI is InChI=1S/C16H21N7O/c1-23-8-9(6-19-23)14-13-12(7-18-15(13)24)21-16(22-14)20-11-5-3-2-4-10(11)17/h6-8,10-11,18,24H,2-5,17H2,1H3,(H,20,21). The van der Waals surface area contributed by atoms with Gasteiger partial charge in [0, 0.05) is 37.1 Å². The summed E-state index contributed by atoms with van der Waals surface area (Å²) in [4.78, 5) is 12.0. The number of anilines is 1. The van der Waals surface area contributed by atoms with Crippen molar-refractivity contribution < 1.29 is 5.11 Å². The van der Waals surface area contributed by atoms with Gasteiger partial charge in [-0.15, -0.1) is 0 Å². The van der Waals surface area contributed by atoms with Crippen molar-refractivity contribution in [3.8, 4) is 17.1 Å². The number of nitrogens with one attached hydrogen (secondary N) is 2. The van der Waals surface area contributed by atoms with Crippen LogP contribution < -0.4 is 11.1 Å². The van der Waals surface area contributed by atoms with Crippen molar-refractivity contribution in [2.75, 3.05) is 5.32 Å². The summed E-state index contributed by atoms with van der Waals surface area (Å²) in [6.45, 7) is 0. The fourth-order valence-corrected chi connectivity index (χ4v) is 3.35. The molecule has 3 heterocycles. The molecule has 1 aliphatic rings. The Morgan fingerprint density at radius 2 is 2.17 bits per heavy atom. The topological polar surface area (TPSA) is 118 Å². The van der Waals surface area contributed by atoms with Gasteiger partial charge in [0.15, 0.2) is 5.88 Å². The van der Waals surface area contributed by atoms with Crippen LogP contribution in [0.4, 0.5) is 5.95 Å². The zero-order chi connectivity index (χ0) is 16.7. The van der Waals surface area contributed by atoms with Crippen LogP contribution in [0.3, 0.4) is 0 Å². The Kier molecular flexibility index (Phi) is 3.61. The number of hydrogen-bond acceptors (Lipinski definition) is 6. The Morgan fingerprint density at radius 1 is 1.33 bits per heavy atom. The maximum atomic E-state index is 10.1. The minimum absolute atomic E-state index is 0.0600. The molecule has 0 aromatic carbocycles. The molecule has 2 unspecified atom stereocenters. The first-order valence-corrected chi connectivity index (χ1v) is 8.21. The number of hydrogen-bond donors (Lipinski definition) is 4. The van der Waals surface area contributed by atoms with E-state index >= 15 is 0 Å². The van der Waals surface area contributed by atoms with Gasteiger partial charge in [-0.1, -0.05) is 12.8 Å². The van der Waals surface area contributed by atoms with Gasteiger partial charge in [-0.3, -0.25) is 4.68 Å². The summed E-state index contributed by atoms with van der Waals surface area (Å²) in [6, 6.07) is 0.282. The lowest BCUT2D eigenvalue weighted by Gasteiger charge is -2.29. The van der Waals surface area contributed by atoms with Gasteiger partial charge in [0.25, 0.3) is 0 Å². The first-order valence-electron chi connectivity index (χ1n) is 8.21. The van der Waals surface area contributed by atoms with Gasteiger partial charge in [0.2, 0.25) is 5.95 Å². The van der Waals surface area contributed by atoms with Crippen LogP contribution in [-0.4, -0.2) is 41.9 Å². The lowest BCUT2D eigenvalue weighted by Crippen LogP contribution is -2.42. The Labute approximate surface area is 139 Å². The second kappa shape index (κ2) is 5.79. The Hall–Kier alpha value is -2.61. The Bertz CT molecular complexity index is 869. The van der Waals surface area contributed by atoms with Crippen molar-refractivity contribution in [1.29, 1.82) is 0 Å². The van der Waals surface area contributed by atoms with Crippen molar-refractivity contribution in [1.82, 2.24) is 24.7 Å². The predicted molar refractivity (Wildman–Crippen MR) is 91.6 cm³/mol. The smallest absolute Gasteiger partial charge is 0.224 e. The first-order chi connectivity index (χ1) is 11.6. The lowest BCUT2D eigenvalue weighted by atomic mass is 9.91. The van der Waals surface area contributed by atoms with Crippen molar-refractivity contribution >= 4 is 16.9 Å². The molecule has 3 aromatic heterocycles. The van der Waals surface area contributed by atoms with Crippen LogP contribution in [0.25, 0.3) is 22.2 Å². The van der Waals surface area contributed by atoms with Gasteiger partial charge >= 0.3 is 0 Å². The third-order valence-electron chi connectivity index (χ3n) is 4.63. The van der Waals surface area contributed by atoms with E-state index in [0.717, 1.165) is 24.8 Å². The first kappa shape index (κ1) is 14.9. The lowest BCUT2D eigenvalue weighted by molar-refractivity contribution is 0.402. The van der Waals surface area contributed by atoms with Crippen LogP contribution >= 0.6 is 0 Å². The SMILES string of the molecule is Cn1cc(-c2nc(NC3CCCCC3N)nc3c[nH]c(O)c23)cn1. The van der Waals surface area contributed by atoms with Crippen LogP contribution in [0, 0.1) is 0 Å². The molecule has 1 fully saturated rings. The normalized spacial score (nSPS) is 21.2. The number of nitrogens with zero attached hydrogens (tertiary/aromatic N) is 4. The van der Waals surface area contributed by atoms with E-state index in [1.807, 2.05) is 13.2 Å². The molecule has 126 valence electrons. The second-order valence-electron chi connectivity index (χ2n) is 6.40. The predicted octanol–water partition coefficient (Wildman–Crippen LogP) is 1.75. The highest BCUT2D eigenvalue weighted by Gasteiger charge is 2.23. The van der Waals surface area contributed by atoms with Crippen LogP contribution in [-0.2, 0) is 7.05 Å². The molecule has 4 rings (SSSR count). The fourth-order valence-electron chi connectivity index (χ4n) is 3.35. The van der Waals surface area contributed by atoms with E-state index < -0.39 is 0 Å². The third kappa shape index (κ3) is 2.58. The van der Waals surface area contributed by atoms with Gasteiger partial charge in [0.05, 0.1) is 22.8 Å². The molecule has 8 nitrogen and oxygen atoms in total. The van der Waals surface area contributed by atoms with Crippen LogP contribution in [0.2, 0.25) is 0 Å². The molecule has 0 amide bonds. The summed E-state index contributed by atoms with van der Waals surface area (Å²) < 4.78 is 1.71. The number of aromatic nitrogens is 5. The number of aromatic hydroxyl groups is 1. The van der Waals surface area contributed by atoms with E-state index in [1.165, 1.54) is 6.42 Å². The summed E-state index contributed by atoms with van der Waals surface area (Å²) >= 11 is 0. The van der Waals surface area contributed by atoms with Gasteiger partial charge in [-0.05, 0) is 12.8 Å². The highest BCUT2D eigenvalue weighted by atomic mass is 16.3. The molecule has 0 aliphatic heterocycles. The van der Waals surface area contributed by atoms with Gasteiger partial charge in [0.1, 0.15) is 0 Å². The van der Waals surface area contributed by atoms with Crippen molar-refractivity contribution in [2.24, 2.45) is 12.8 Å². The molecule has 3 aromatic rings. The molecular weight excluding hydrogens is 306 g/mol. The molecule has 8 heteroatoms. The van der Waals surface area contributed by atoms with Gasteiger partial charge < -0.3 is 21.1 Å². The molecule has 0 radical (unpaired) electrons. The molecule has 0 bridgehead atoms. The molecule has 0 saturated heterocycles. The summed E-state index contributed by atoms with van der Waals surface area (Å²) in [5.41, 5.74) is 8.36. The van der Waals surface area contributed by atoms with Gasteiger partial charge in [-0.2, -0.15) is 5.10 Å². The highest BCUT2D eigenvalue weighted by molar-refractivity contribution is 5.96. The average molecular weight is 327 g/mol. The Morgan fingerprint density at radius 3 is 2.92 bits per heavy atom. The molecule has 24 heavy (non-hydrogen) atoms. The van der Waals surface area contributed by atoms with E-state index in [0.29, 0.717) is 22.5 Å². The quantitative estimate of drug-likeness (QED) is 0.582. The molecule has 5 N–H and O–H groups in total. The van der Waals surface area contributed by atoms with E-state index in [-0.39, 0.29) is 18.0 Å². The molecular formula is C16H21N7O. The fraction of sp³-hybridized carbons (Fsp3) is 0.438. The molecule has 2 atom stereocenters. The van der Waals surface area contributed by atoms with E-state index in [9.17, 15) is 5.11 Å². The number of rotatable bonds is 3. The molecule has 1 saturated carbocycles. The number of nitrogens with two attached hydrogens (primary N) is 1.